The molecular formula is C13H13N5O4. The van der Waals surface area contributed by atoms with Crippen LogP contribution >= 0.6 is 0 Å². The number of methoxy groups -OCH3 is 2. The molecule has 9 heteroatoms. The number of anilines is 1. The first-order valence-electron chi connectivity index (χ1n) is 6.13. The van der Waals surface area contributed by atoms with E-state index in [1.165, 1.54) is 14.2 Å². The van der Waals surface area contributed by atoms with Crippen molar-refractivity contribution in [3.63, 3.8) is 0 Å². The topological polar surface area (TPSA) is 119 Å². The molecule has 2 rings (SSSR count). The largest absolute Gasteiger partial charge is 0.466 e. The van der Waals surface area contributed by atoms with Gasteiger partial charge in [-0.25, -0.2) is 9.59 Å². The zero-order valence-corrected chi connectivity index (χ0v) is 11.9. The molecule has 0 spiro atoms. The molecule has 0 bridgehead atoms. The molecule has 0 fully saturated rings. The number of aromatic amines is 1. The summed E-state index contributed by atoms with van der Waals surface area (Å²) in [7, 11) is 2.43. The molecule has 2 aromatic rings. The van der Waals surface area contributed by atoms with Crippen molar-refractivity contribution in [2.24, 2.45) is 0 Å². The molecule has 0 aliphatic carbocycles. The SMILES string of the molecule is COC(=O)/C=C(/Nc1ccc(-c2nn[nH]n2)cc1)C(=O)OC. The van der Waals surface area contributed by atoms with Gasteiger partial charge in [-0.15, -0.1) is 10.2 Å². The number of hydrogen-bond acceptors (Lipinski definition) is 8. The van der Waals surface area contributed by atoms with E-state index in [0.29, 0.717) is 11.5 Å². The van der Waals surface area contributed by atoms with Crippen LogP contribution in [0.1, 0.15) is 0 Å². The van der Waals surface area contributed by atoms with Crippen LogP contribution in [0.2, 0.25) is 0 Å². The second kappa shape index (κ2) is 6.97. The second-order valence-electron chi connectivity index (χ2n) is 4.01. The van der Waals surface area contributed by atoms with E-state index in [2.05, 4.69) is 35.4 Å². The number of aromatic nitrogens is 4. The van der Waals surface area contributed by atoms with Crippen LogP contribution in [-0.2, 0) is 19.1 Å². The van der Waals surface area contributed by atoms with Gasteiger partial charge in [-0.3, -0.25) is 0 Å². The summed E-state index contributed by atoms with van der Waals surface area (Å²) in [6, 6.07) is 6.86. The number of H-pyrrole nitrogens is 1. The summed E-state index contributed by atoms with van der Waals surface area (Å²) in [4.78, 5) is 22.9. The summed E-state index contributed by atoms with van der Waals surface area (Å²) in [6.07, 6.45) is 1.01. The smallest absolute Gasteiger partial charge is 0.354 e. The van der Waals surface area contributed by atoms with E-state index in [1.807, 2.05) is 0 Å². The number of rotatable bonds is 5. The highest BCUT2D eigenvalue weighted by atomic mass is 16.5. The monoisotopic (exact) mass is 303 g/mol. The minimum absolute atomic E-state index is 0.0401. The Morgan fingerprint density at radius 3 is 2.45 bits per heavy atom. The Bertz CT molecular complexity index is 679. The Balaban J connectivity index is 2.18. The van der Waals surface area contributed by atoms with Crippen molar-refractivity contribution < 1.29 is 19.1 Å². The fraction of sp³-hybridized carbons (Fsp3) is 0.154. The molecule has 0 aliphatic rings. The molecule has 2 N–H and O–H groups in total. The lowest BCUT2D eigenvalue weighted by Crippen LogP contribution is -2.15. The number of nitrogens with one attached hydrogen (secondary N) is 2. The van der Waals surface area contributed by atoms with Gasteiger partial charge in [0.25, 0.3) is 0 Å². The van der Waals surface area contributed by atoms with Crippen molar-refractivity contribution in [2.45, 2.75) is 0 Å². The highest BCUT2D eigenvalue weighted by Gasteiger charge is 2.13. The van der Waals surface area contributed by atoms with E-state index in [0.717, 1.165) is 11.6 Å². The molecule has 0 radical (unpaired) electrons. The zero-order chi connectivity index (χ0) is 15.9. The van der Waals surface area contributed by atoms with Gasteiger partial charge >= 0.3 is 11.9 Å². The highest BCUT2D eigenvalue weighted by molar-refractivity contribution is 5.98. The summed E-state index contributed by atoms with van der Waals surface area (Å²) >= 11 is 0. The molecule has 1 aromatic carbocycles. The summed E-state index contributed by atoms with van der Waals surface area (Å²) < 4.78 is 9.09. The van der Waals surface area contributed by atoms with Gasteiger partial charge in [-0.1, -0.05) is 0 Å². The first-order chi connectivity index (χ1) is 10.6. The molecule has 0 saturated heterocycles. The van der Waals surface area contributed by atoms with Crippen LogP contribution in [0.25, 0.3) is 11.4 Å². The molecule has 9 nitrogen and oxygen atoms in total. The summed E-state index contributed by atoms with van der Waals surface area (Å²) in [5, 5.41) is 16.3. The molecule has 1 heterocycles. The quantitative estimate of drug-likeness (QED) is 0.605. The molecule has 0 saturated carbocycles. The van der Waals surface area contributed by atoms with E-state index in [-0.39, 0.29) is 5.70 Å². The molecule has 0 unspecified atom stereocenters. The standard InChI is InChI=1S/C13H13N5O4/c1-21-11(19)7-10(13(20)22-2)14-9-5-3-8(4-6-9)12-15-17-18-16-12/h3-7,14H,1-2H3,(H,15,16,17,18)/b10-7+. The summed E-state index contributed by atoms with van der Waals surface area (Å²) in [5.74, 6) is -0.909. The normalized spacial score (nSPS) is 10.9. The Kier molecular flexibility index (Phi) is 4.81. The van der Waals surface area contributed by atoms with E-state index < -0.39 is 11.9 Å². The number of esters is 2. The molecule has 0 atom stereocenters. The van der Waals surface area contributed by atoms with Crippen LogP contribution in [0.15, 0.2) is 36.0 Å². The minimum Gasteiger partial charge on any atom is -0.466 e. The van der Waals surface area contributed by atoms with Gasteiger partial charge < -0.3 is 14.8 Å². The van der Waals surface area contributed by atoms with Gasteiger partial charge in [0.05, 0.1) is 20.3 Å². The number of nitrogens with zero attached hydrogens (tertiary/aromatic N) is 3. The number of tetrazole rings is 1. The van der Waals surface area contributed by atoms with Crippen LogP contribution in [0, 0.1) is 0 Å². The molecular weight excluding hydrogens is 290 g/mol. The van der Waals surface area contributed by atoms with Gasteiger partial charge in [-0.05, 0) is 29.5 Å². The number of ether oxygens (including phenoxy) is 2. The number of benzene rings is 1. The van der Waals surface area contributed by atoms with Crippen LogP contribution in [-0.4, -0.2) is 46.8 Å². The molecule has 114 valence electrons. The Hall–Kier alpha value is -3.23. The summed E-state index contributed by atoms with van der Waals surface area (Å²) in [5.41, 5.74) is 1.28. The van der Waals surface area contributed by atoms with Crippen LogP contribution in [0.5, 0.6) is 0 Å². The number of carbonyl (C=O) groups excluding carboxylic acids is 2. The van der Waals surface area contributed by atoms with Crippen LogP contribution in [0.4, 0.5) is 5.69 Å². The maximum atomic E-state index is 11.6. The average molecular weight is 303 g/mol. The summed E-state index contributed by atoms with van der Waals surface area (Å²) in [6.45, 7) is 0. The van der Waals surface area contributed by atoms with E-state index in [1.54, 1.807) is 24.3 Å². The maximum Gasteiger partial charge on any atom is 0.354 e. The predicted molar refractivity (Wildman–Crippen MR) is 75.4 cm³/mol. The van der Waals surface area contributed by atoms with Crippen molar-refractivity contribution in [3.8, 4) is 11.4 Å². The van der Waals surface area contributed by atoms with E-state index >= 15 is 0 Å². The maximum absolute atomic E-state index is 11.6. The predicted octanol–water partition coefficient (Wildman–Crippen LogP) is 0.508. The second-order valence-corrected chi connectivity index (χ2v) is 4.01. The molecule has 22 heavy (non-hydrogen) atoms. The fourth-order valence-electron chi connectivity index (χ4n) is 1.57. The molecule has 0 amide bonds. The zero-order valence-electron chi connectivity index (χ0n) is 11.9. The third kappa shape index (κ3) is 3.66. The lowest BCUT2D eigenvalue weighted by Gasteiger charge is -2.09. The van der Waals surface area contributed by atoms with Crippen molar-refractivity contribution >= 4 is 17.6 Å². The van der Waals surface area contributed by atoms with Crippen LogP contribution in [0.3, 0.4) is 0 Å². The Morgan fingerprint density at radius 2 is 1.91 bits per heavy atom. The average Bonchev–Trinajstić information content (AvgIpc) is 3.08. The van der Waals surface area contributed by atoms with Crippen molar-refractivity contribution in [2.75, 3.05) is 19.5 Å². The Morgan fingerprint density at radius 1 is 1.18 bits per heavy atom. The molecule has 1 aromatic heterocycles. The number of carbonyl (C=O) groups is 2. The highest BCUT2D eigenvalue weighted by Crippen LogP contribution is 2.18. The van der Waals surface area contributed by atoms with E-state index in [9.17, 15) is 9.59 Å². The first-order valence-corrected chi connectivity index (χ1v) is 6.13. The molecule has 0 aliphatic heterocycles. The lowest BCUT2D eigenvalue weighted by molar-refractivity contribution is -0.138. The van der Waals surface area contributed by atoms with Crippen molar-refractivity contribution in [1.29, 1.82) is 0 Å². The van der Waals surface area contributed by atoms with Gasteiger partial charge in [0.2, 0.25) is 5.82 Å². The third-order valence-electron chi connectivity index (χ3n) is 2.64. The lowest BCUT2D eigenvalue weighted by atomic mass is 10.2. The van der Waals surface area contributed by atoms with Gasteiger partial charge in [-0.2, -0.15) is 5.21 Å². The Labute approximate surface area is 125 Å². The van der Waals surface area contributed by atoms with Gasteiger partial charge in [0.1, 0.15) is 5.70 Å². The van der Waals surface area contributed by atoms with Gasteiger partial charge in [0.15, 0.2) is 0 Å². The van der Waals surface area contributed by atoms with Crippen LogP contribution < -0.4 is 5.32 Å². The van der Waals surface area contributed by atoms with Crippen molar-refractivity contribution in [1.82, 2.24) is 20.6 Å². The first kappa shape index (κ1) is 15.2. The van der Waals surface area contributed by atoms with E-state index in [4.69, 9.17) is 0 Å². The fourth-order valence-corrected chi connectivity index (χ4v) is 1.57. The number of hydrogen-bond donors (Lipinski definition) is 2. The van der Waals surface area contributed by atoms with Crippen molar-refractivity contribution in [3.05, 3.63) is 36.0 Å². The minimum atomic E-state index is -0.687. The van der Waals surface area contributed by atoms with Gasteiger partial charge in [0, 0.05) is 11.3 Å². The third-order valence-corrected chi connectivity index (χ3v) is 2.64.